The minimum Gasteiger partial charge on any atom is -0.309 e. The molecule has 1 unspecified atom stereocenters. The Morgan fingerprint density at radius 3 is 2.86 bits per heavy atom. The van der Waals surface area contributed by atoms with Gasteiger partial charge >= 0.3 is 0 Å². The number of rotatable bonds is 6. The minimum absolute atomic E-state index is 0.524. The molecule has 21 heavy (non-hydrogen) atoms. The van der Waals surface area contributed by atoms with Crippen molar-refractivity contribution >= 4 is 0 Å². The van der Waals surface area contributed by atoms with Gasteiger partial charge in [0.1, 0.15) is 0 Å². The van der Waals surface area contributed by atoms with E-state index in [2.05, 4.69) is 46.5 Å². The number of nitrogens with one attached hydrogen (secondary N) is 1. The summed E-state index contributed by atoms with van der Waals surface area (Å²) < 4.78 is 1.90. The number of hydrogen-bond donors (Lipinski definition) is 1. The number of nitrogens with zero attached hydrogens (tertiary/aromatic N) is 3. The third-order valence-corrected chi connectivity index (χ3v) is 4.06. The van der Waals surface area contributed by atoms with Gasteiger partial charge in [-0.2, -0.15) is 5.10 Å². The summed E-state index contributed by atoms with van der Waals surface area (Å²) in [5, 5.41) is 7.91. The normalized spacial score (nSPS) is 17.2. The van der Waals surface area contributed by atoms with E-state index in [1.54, 1.807) is 0 Å². The molecule has 1 N–H and O–H groups in total. The highest BCUT2D eigenvalue weighted by Crippen LogP contribution is 2.11. The number of hydrogen-bond acceptors (Lipinski definition) is 3. The molecule has 112 valence electrons. The van der Waals surface area contributed by atoms with Crippen molar-refractivity contribution in [3.63, 3.8) is 0 Å². The lowest BCUT2D eigenvalue weighted by Crippen LogP contribution is -2.37. The van der Waals surface area contributed by atoms with Gasteiger partial charge in [-0.3, -0.25) is 0 Å². The number of likely N-dealkylation sites (tertiary alicyclic amines) is 1. The van der Waals surface area contributed by atoms with Crippen LogP contribution in [0.15, 0.2) is 42.7 Å². The highest BCUT2D eigenvalue weighted by Gasteiger charge is 2.14. The summed E-state index contributed by atoms with van der Waals surface area (Å²) in [6.07, 6.45) is 6.50. The molecule has 0 aliphatic carbocycles. The molecule has 2 heterocycles. The molecule has 1 saturated heterocycles. The van der Waals surface area contributed by atoms with Crippen LogP contribution < -0.4 is 5.32 Å². The molecule has 0 radical (unpaired) electrons. The van der Waals surface area contributed by atoms with Crippen molar-refractivity contribution < 1.29 is 0 Å². The topological polar surface area (TPSA) is 33.1 Å². The van der Waals surface area contributed by atoms with Crippen LogP contribution in [0.5, 0.6) is 0 Å². The van der Waals surface area contributed by atoms with Gasteiger partial charge in [-0.25, -0.2) is 4.68 Å². The number of aromatic nitrogens is 2. The lowest BCUT2D eigenvalue weighted by molar-refractivity contribution is 0.298. The Morgan fingerprint density at radius 1 is 1.24 bits per heavy atom. The summed E-state index contributed by atoms with van der Waals surface area (Å²) in [6.45, 7) is 6.86. The molecule has 4 nitrogen and oxygen atoms in total. The zero-order valence-electron chi connectivity index (χ0n) is 12.7. The SMILES string of the molecule is CC(CN1CCCC1)NCc1cccc(-n2cccn2)c1. The van der Waals surface area contributed by atoms with Gasteiger partial charge in [0, 0.05) is 31.5 Å². The Kier molecular flexibility index (Phi) is 4.68. The van der Waals surface area contributed by atoms with E-state index in [1.807, 2.05) is 23.1 Å². The van der Waals surface area contributed by atoms with Gasteiger partial charge < -0.3 is 10.2 Å². The lowest BCUT2D eigenvalue weighted by Gasteiger charge is -2.21. The second-order valence-electron chi connectivity index (χ2n) is 5.91. The van der Waals surface area contributed by atoms with Crippen molar-refractivity contribution in [3.05, 3.63) is 48.3 Å². The highest BCUT2D eigenvalue weighted by atomic mass is 15.3. The van der Waals surface area contributed by atoms with Crippen molar-refractivity contribution in [1.29, 1.82) is 0 Å². The van der Waals surface area contributed by atoms with Crippen molar-refractivity contribution in [1.82, 2.24) is 20.0 Å². The van der Waals surface area contributed by atoms with Gasteiger partial charge in [-0.15, -0.1) is 0 Å². The van der Waals surface area contributed by atoms with Gasteiger partial charge in [-0.05, 0) is 56.6 Å². The van der Waals surface area contributed by atoms with Crippen LogP contribution in [0, 0.1) is 0 Å². The van der Waals surface area contributed by atoms with E-state index >= 15 is 0 Å². The van der Waals surface area contributed by atoms with E-state index in [1.165, 1.54) is 31.5 Å². The summed E-state index contributed by atoms with van der Waals surface area (Å²) in [5.74, 6) is 0. The molecule has 0 spiro atoms. The molecule has 3 rings (SSSR count). The van der Waals surface area contributed by atoms with E-state index in [-0.39, 0.29) is 0 Å². The average molecular weight is 284 g/mol. The van der Waals surface area contributed by atoms with Crippen molar-refractivity contribution in [3.8, 4) is 5.69 Å². The maximum Gasteiger partial charge on any atom is 0.0648 e. The minimum atomic E-state index is 0.524. The second kappa shape index (κ2) is 6.87. The first-order valence-electron chi connectivity index (χ1n) is 7.86. The predicted octanol–water partition coefficient (Wildman–Crippen LogP) is 2.45. The first kappa shape index (κ1) is 14.3. The molecule has 0 bridgehead atoms. The smallest absolute Gasteiger partial charge is 0.0648 e. The van der Waals surface area contributed by atoms with E-state index in [9.17, 15) is 0 Å². The summed E-state index contributed by atoms with van der Waals surface area (Å²) in [7, 11) is 0. The van der Waals surface area contributed by atoms with Crippen molar-refractivity contribution in [2.75, 3.05) is 19.6 Å². The van der Waals surface area contributed by atoms with Gasteiger partial charge in [-0.1, -0.05) is 12.1 Å². The first-order chi connectivity index (χ1) is 10.3. The predicted molar refractivity (Wildman–Crippen MR) is 85.5 cm³/mol. The Bertz CT molecular complexity index is 544. The first-order valence-corrected chi connectivity index (χ1v) is 7.86. The van der Waals surface area contributed by atoms with E-state index in [0.29, 0.717) is 6.04 Å². The largest absolute Gasteiger partial charge is 0.309 e. The molecule has 0 amide bonds. The Morgan fingerprint density at radius 2 is 2.10 bits per heavy atom. The van der Waals surface area contributed by atoms with Crippen molar-refractivity contribution in [2.45, 2.75) is 32.4 Å². The maximum absolute atomic E-state index is 4.28. The van der Waals surface area contributed by atoms with Gasteiger partial charge in [0.25, 0.3) is 0 Å². The Balaban J connectivity index is 1.54. The van der Waals surface area contributed by atoms with Crippen LogP contribution in [0.1, 0.15) is 25.3 Å². The monoisotopic (exact) mass is 284 g/mol. The summed E-state index contributed by atoms with van der Waals surface area (Å²) in [5.41, 5.74) is 2.42. The summed E-state index contributed by atoms with van der Waals surface area (Å²) in [4.78, 5) is 2.55. The van der Waals surface area contributed by atoms with Crippen LogP contribution in [0.2, 0.25) is 0 Å². The van der Waals surface area contributed by atoms with Crippen LogP contribution in [0.25, 0.3) is 5.69 Å². The fourth-order valence-electron chi connectivity index (χ4n) is 2.94. The Hall–Kier alpha value is -1.65. The van der Waals surface area contributed by atoms with Crippen LogP contribution in [-0.2, 0) is 6.54 Å². The molecular weight excluding hydrogens is 260 g/mol. The molecule has 1 fully saturated rings. The zero-order valence-corrected chi connectivity index (χ0v) is 12.7. The third kappa shape index (κ3) is 3.93. The number of benzene rings is 1. The fraction of sp³-hybridized carbons (Fsp3) is 0.471. The van der Waals surface area contributed by atoms with Crippen LogP contribution >= 0.6 is 0 Å². The quantitative estimate of drug-likeness (QED) is 0.884. The van der Waals surface area contributed by atoms with E-state index in [0.717, 1.165) is 18.8 Å². The third-order valence-electron chi connectivity index (χ3n) is 4.06. The molecule has 1 aliphatic heterocycles. The molecule has 4 heteroatoms. The fourth-order valence-corrected chi connectivity index (χ4v) is 2.94. The summed E-state index contributed by atoms with van der Waals surface area (Å²) in [6, 6.07) is 11.0. The van der Waals surface area contributed by atoms with Crippen molar-refractivity contribution in [2.24, 2.45) is 0 Å². The second-order valence-corrected chi connectivity index (χ2v) is 5.91. The van der Waals surface area contributed by atoms with E-state index < -0.39 is 0 Å². The zero-order chi connectivity index (χ0) is 14.5. The van der Waals surface area contributed by atoms with Crippen LogP contribution in [0.4, 0.5) is 0 Å². The van der Waals surface area contributed by atoms with Gasteiger partial charge in [0.05, 0.1) is 5.69 Å². The molecule has 2 aromatic rings. The Labute approximate surface area is 126 Å². The lowest BCUT2D eigenvalue weighted by atomic mass is 10.2. The standard InChI is InChI=1S/C17H24N4/c1-15(14-20-9-2-3-10-20)18-13-16-6-4-7-17(12-16)21-11-5-8-19-21/h4-8,11-12,15,18H,2-3,9-10,13-14H2,1H3. The van der Waals surface area contributed by atoms with Crippen LogP contribution in [-0.4, -0.2) is 40.4 Å². The molecule has 0 saturated carbocycles. The van der Waals surface area contributed by atoms with Gasteiger partial charge in [0.2, 0.25) is 0 Å². The maximum atomic E-state index is 4.28. The summed E-state index contributed by atoms with van der Waals surface area (Å²) >= 11 is 0. The molecule has 1 aromatic heterocycles. The molecule has 1 aromatic carbocycles. The molecule has 1 atom stereocenters. The average Bonchev–Trinajstić information content (AvgIpc) is 3.19. The van der Waals surface area contributed by atoms with E-state index in [4.69, 9.17) is 0 Å². The highest BCUT2D eigenvalue weighted by molar-refractivity contribution is 5.34. The molecular formula is C17H24N4. The van der Waals surface area contributed by atoms with Crippen LogP contribution in [0.3, 0.4) is 0 Å². The van der Waals surface area contributed by atoms with Gasteiger partial charge in [0.15, 0.2) is 0 Å². The molecule has 1 aliphatic rings.